The molecule has 1 aromatic heterocycles. The third-order valence-electron chi connectivity index (χ3n) is 5.74. The van der Waals surface area contributed by atoms with Crippen molar-refractivity contribution in [1.29, 1.82) is 0 Å². The molecule has 8 nitrogen and oxygen atoms in total. The van der Waals surface area contributed by atoms with Crippen molar-refractivity contribution in [1.82, 2.24) is 16.0 Å². The van der Waals surface area contributed by atoms with Gasteiger partial charge in [-0.2, -0.15) is 0 Å². The van der Waals surface area contributed by atoms with Gasteiger partial charge in [0.15, 0.2) is 5.96 Å². The Morgan fingerprint density at radius 1 is 1.00 bits per heavy atom. The van der Waals surface area contributed by atoms with Crippen LogP contribution in [0, 0.1) is 0 Å². The highest BCUT2D eigenvalue weighted by Gasteiger charge is 2.20. The van der Waals surface area contributed by atoms with Crippen molar-refractivity contribution in [2.75, 3.05) is 13.1 Å². The number of thiophene rings is 1. The maximum atomic E-state index is 12.9. The fourth-order valence-corrected chi connectivity index (χ4v) is 4.79. The van der Waals surface area contributed by atoms with Crippen molar-refractivity contribution in [3.05, 3.63) is 82.0 Å². The number of carboxylic acid groups (broad SMARTS) is 1. The molecule has 0 saturated heterocycles. The van der Waals surface area contributed by atoms with E-state index in [2.05, 4.69) is 20.9 Å². The Morgan fingerprint density at radius 3 is 2.44 bits per heavy atom. The molecule has 3 aromatic rings. The van der Waals surface area contributed by atoms with Crippen LogP contribution in [-0.2, 0) is 16.0 Å². The van der Waals surface area contributed by atoms with Gasteiger partial charge < -0.3 is 15.7 Å². The van der Waals surface area contributed by atoms with E-state index in [1.54, 1.807) is 6.07 Å². The van der Waals surface area contributed by atoms with Crippen LogP contribution >= 0.6 is 11.3 Å². The number of aliphatic carboxylic acids is 1. The predicted molar refractivity (Wildman–Crippen MR) is 140 cm³/mol. The predicted octanol–water partition coefficient (Wildman–Crippen LogP) is 3.76. The Labute approximate surface area is 213 Å². The number of benzene rings is 2. The molecule has 0 unspecified atom stereocenters. The molecule has 186 valence electrons. The van der Waals surface area contributed by atoms with Crippen molar-refractivity contribution >= 4 is 35.1 Å². The Bertz CT molecular complexity index is 1240. The standard InChI is InChI=1S/C27H28N4O4S/c32-24(31-27-28-15-4-16-29-27)14-12-21-11-13-23(36-21)26(35)30-22(17-25(33)34)20-9-7-19(8-10-20)18-5-2-1-3-6-18/h1-3,5-11,13,22H,4,12,14-17H2,(H,30,35)(H,33,34)(H2,28,29,31,32)/t22-/m1/s1. The van der Waals surface area contributed by atoms with Crippen LogP contribution in [0.1, 0.15) is 45.4 Å². The number of nitrogens with zero attached hydrogens (tertiary/aromatic N) is 1. The van der Waals surface area contributed by atoms with E-state index in [4.69, 9.17) is 0 Å². The van der Waals surface area contributed by atoms with Gasteiger partial charge in [0.25, 0.3) is 5.91 Å². The molecule has 2 heterocycles. The molecule has 0 spiro atoms. The zero-order chi connectivity index (χ0) is 25.3. The minimum absolute atomic E-state index is 0.136. The second-order valence-electron chi connectivity index (χ2n) is 8.44. The first-order valence-corrected chi connectivity index (χ1v) is 12.6. The minimum Gasteiger partial charge on any atom is -0.481 e. The van der Waals surface area contributed by atoms with E-state index in [0.29, 0.717) is 23.8 Å². The van der Waals surface area contributed by atoms with Crippen molar-refractivity contribution in [2.24, 2.45) is 4.99 Å². The molecule has 36 heavy (non-hydrogen) atoms. The average Bonchev–Trinajstić information content (AvgIpc) is 3.37. The molecule has 9 heteroatoms. The molecule has 4 rings (SSSR count). The summed E-state index contributed by atoms with van der Waals surface area (Å²) in [6.45, 7) is 1.49. The first-order chi connectivity index (χ1) is 17.5. The van der Waals surface area contributed by atoms with Gasteiger partial charge in [0.2, 0.25) is 5.91 Å². The summed E-state index contributed by atoms with van der Waals surface area (Å²) in [7, 11) is 0. The monoisotopic (exact) mass is 504 g/mol. The molecular formula is C27H28N4O4S. The number of aliphatic imine (C=N–C) groups is 1. The Hall–Kier alpha value is -3.98. The van der Waals surface area contributed by atoms with Crippen LogP contribution < -0.4 is 16.0 Å². The number of rotatable bonds is 9. The first-order valence-electron chi connectivity index (χ1n) is 11.8. The molecule has 4 N–H and O–H groups in total. The zero-order valence-corrected chi connectivity index (χ0v) is 20.5. The number of hydrogen-bond donors (Lipinski definition) is 4. The summed E-state index contributed by atoms with van der Waals surface area (Å²) in [5.41, 5.74) is 2.79. The Balaban J connectivity index is 1.36. The normalized spacial score (nSPS) is 13.7. The second-order valence-corrected chi connectivity index (χ2v) is 9.61. The first kappa shape index (κ1) is 25.1. The van der Waals surface area contributed by atoms with Crippen LogP contribution in [-0.4, -0.2) is 41.9 Å². The van der Waals surface area contributed by atoms with E-state index < -0.39 is 12.0 Å². The van der Waals surface area contributed by atoms with Gasteiger partial charge in [0.1, 0.15) is 0 Å². The SMILES string of the molecule is O=C(O)C[C@@H](NC(=O)c1ccc(CCC(=O)NC2=NCCCN2)s1)c1ccc(-c2ccccc2)cc1. The average molecular weight is 505 g/mol. The maximum absolute atomic E-state index is 12.9. The fraction of sp³-hybridized carbons (Fsp3) is 0.259. The fourth-order valence-electron chi connectivity index (χ4n) is 3.88. The van der Waals surface area contributed by atoms with Crippen LogP contribution in [0.25, 0.3) is 11.1 Å². The van der Waals surface area contributed by atoms with Crippen LogP contribution in [0.15, 0.2) is 71.7 Å². The van der Waals surface area contributed by atoms with Gasteiger partial charge in [-0.1, -0.05) is 54.6 Å². The number of carbonyl (C=O) groups excluding carboxylic acids is 2. The molecule has 1 aliphatic heterocycles. The number of carbonyl (C=O) groups is 3. The Kier molecular flexibility index (Phi) is 8.46. The molecule has 1 atom stereocenters. The zero-order valence-electron chi connectivity index (χ0n) is 19.7. The van der Waals surface area contributed by atoms with Gasteiger partial charge in [-0.25, -0.2) is 0 Å². The van der Waals surface area contributed by atoms with Crippen molar-refractivity contribution in [2.45, 2.75) is 31.7 Å². The lowest BCUT2D eigenvalue weighted by Gasteiger charge is -2.17. The summed E-state index contributed by atoms with van der Waals surface area (Å²) in [5.74, 6) is -0.959. The third-order valence-corrected chi connectivity index (χ3v) is 6.89. The van der Waals surface area contributed by atoms with Crippen LogP contribution in [0.5, 0.6) is 0 Å². The van der Waals surface area contributed by atoms with Gasteiger partial charge in [0, 0.05) is 24.4 Å². The number of hydrogen-bond acceptors (Lipinski definition) is 6. The highest BCUT2D eigenvalue weighted by molar-refractivity contribution is 7.14. The molecule has 2 amide bonds. The second kappa shape index (κ2) is 12.1. The highest BCUT2D eigenvalue weighted by atomic mass is 32.1. The van der Waals surface area contributed by atoms with Crippen molar-refractivity contribution < 1.29 is 19.5 Å². The van der Waals surface area contributed by atoms with Gasteiger partial charge in [-0.3, -0.25) is 24.7 Å². The summed E-state index contributed by atoms with van der Waals surface area (Å²) in [6.07, 6.45) is 1.49. The van der Waals surface area contributed by atoms with Gasteiger partial charge in [-0.15, -0.1) is 11.3 Å². The number of aryl methyl sites for hydroxylation is 1. The summed E-state index contributed by atoms with van der Waals surface area (Å²) < 4.78 is 0. The molecule has 1 aliphatic rings. The number of amides is 2. The van der Waals surface area contributed by atoms with Crippen molar-refractivity contribution in [3.8, 4) is 11.1 Å². The van der Waals surface area contributed by atoms with Gasteiger partial charge in [-0.05, 0) is 41.7 Å². The largest absolute Gasteiger partial charge is 0.481 e. The van der Waals surface area contributed by atoms with Gasteiger partial charge >= 0.3 is 5.97 Å². The molecule has 0 bridgehead atoms. The lowest BCUT2D eigenvalue weighted by molar-refractivity contribution is -0.137. The molecule has 2 aromatic carbocycles. The molecule has 0 saturated carbocycles. The smallest absolute Gasteiger partial charge is 0.305 e. The minimum atomic E-state index is -0.998. The van der Waals surface area contributed by atoms with E-state index in [1.165, 1.54) is 11.3 Å². The maximum Gasteiger partial charge on any atom is 0.305 e. The van der Waals surface area contributed by atoms with Crippen LogP contribution in [0.4, 0.5) is 0 Å². The van der Waals surface area contributed by atoms with Gasteiger partial charge in [0.05, 0.1) is 17.3 Å². The number of guanidine groups is 1. The van der Waals surface area contributed by atoms with E-state index >= 15 is 0 Å². The summed E-state index contributed by atoms with van der Waals surface area (Å²) in [5, 5.41) is 18.1. The third kappa shape index (κ3) is 7.02. The van der Waals surface area contributed by atoms with Crippen molar-refractivity contribution in [3.63, 3.8) is 0 Å². The summed E-state index contributed by atoms with van der Waals surface area (Å²) >= 11 is 1.30. The summed E-state index contributed by atoms with van der Waals surface area (Å²) in [6, 6.07) is 20.3. The molecular weight excluding hydrogens is 476 g/mol. The van der Waals surface area contributed by atoms with E-state index in [9.17, 15) is 19.5 Å². The number of carboxylic acids is 1. The van der Waals surface area contributed by atoms with Crippen LogP contribution in [0.2, 0.25) is 0 Å². The lowest BCUT2D eigenvalue weighted by atomic mass is 9.99. The summed E-state index contributed by atoms with van der Waals surface area (Å²) in [4.78, 5) is 42.2. The highest BCUT2D eigenvalue weighted by Crippen LogP contribution is 2.25. The molecule has 0 aliphatic carbocycles. The quantitative estimate of drug-likeness (QED) is 0.354. The van der Waals surface area contributed by atoms with E-state index in [0.717, 1.165) is 34.5 Å². The van der Waals surface area contributed by atoms with E-state index in [1.807, 2.05) is 60.7 Å². The van der Waals surface area contributed by atoms with Crippen LogP contribution in [0.3, 0.4) is 0 Å². The van der Waals surface area contributed by atoms with E-state index in [-0.39, 0.29) is 24.7 Å². The molecule has 0 radical (unpaired) electrons. The number of nitrogens with one attached hydrogen (secondary N) is 3. The Morgan fingerprint density at radius 2 is 1.75 bits per heavy atom. The lowest BCUT2D eigenvalue weighted by Crippen LogP contribution is -2.43. The molecule has 0 fully saturated rings. The topological polar surface area (TPSA) is 120 Å².